The largest absolute Gasteiger partial charge is 0.507 e. The second-order valence-electron chi connectivity index (χ2n) is 6.44. The molecule has 4 N–H and O–H groups in total. The number of morpholine rings is 1. The Balaban J connectivity index is 1.81. The van der Waals surface area contributed by atoms with E-state index in [0.717, 1.165) is 12.8 Å². The first kappa shape index (κ1) is 18.1. The zero-order valence-corrected chi connectivity index (χ0v) is 14.7. The standard InChI is InChI=1S/C16H23N3O5S/c17-11-1-2-12(9-11)18-16(21)14-10-13(3-4-15(14)20)25(22,23)19-5-7-24-8-6-19/h3-4,10-12,20H,1-2,5-9,17H2,(H,18,21)/t11-,12-/m1/s1. The zero-order chi connectivity index (χ0) is 18.0. The maximum absolute atomic E-state index is 12.7. The van der Waals surface area contributed by atoms with E-state index in [1.165, 1.54) is 22.5 Å². The number of phenols is 1. The van der Waals surface area contributed by atoms with Crippen LogP contribution < -0.4 is 11.1 Å². The molecule has 1 aliphatic heterocycles. The van der Waals surface area contributed by atoms with Crippen LogP contribution in [0.25, 0.3) is 0 Å². The number of carbonyl (C=O) groups excluding carboxylic acids is 1. The summed E-state index contributed by atoms with van der Waals surface area (Å²) in [5.74, 6) is -0.739. The molecule has 1 aliphatic carbocycles. The van der Waals surface area contributed by atoms with Crippen molar-refractivity contribution in [2.24, 2.45) is 5.73 Å². The number of aromatic hydroxyl groups is 1. The average Bonchev–Trinajstić information content (AvgIpc) is 3.00. The molecule has 0 spiro atoms. The highest BCUT2D eigenvalue weighted by Crippen LogP contribution is 2.25. The molecule has 1 amide bonds. The highest BCUT2D eigenvalue weighted by molar-refractivity contribution is 7.89. The van der Waals surface area contributed by atoms with Crippen molar-refractivity contribution in [2.75, 3.05) is 26.3 Å². The monoisotopic (exact) mass is 369 g/mol. The first-order valence-electron chi connectivity index (χ1n) is 8.35. The molecule has 0 radical (unpaired) electrons. The summed E-state index contributed by atoms with van der Waals surface area (Å²) >= 11 is 0. The van der Waals surface area contributed by atoms with Gasteiger partial charge in [-0.2, -0.15) is 4.31 Å². The Morgan fingerprint density at radius 1 is 1.28 bits per heavy atom. The van der Waals surface area contributed by atoms with E-state index in [1.54, 1.807) is 0 Å². The zero-order valence-electron chi connectivity index (χ0n) is 13.8. The van der Waals surface area contributed by atoms with E-state index < -0.39 is 15.9 Å². The van der Waals surface area contributed by atoms with Crippen molar-refractivity contribution in [3.8, 4) is 5.75 Å². The average molecular weight is 369 g/mol. The molecule has 0 bridgehead atoms. The maximum Gasteiger partial charge on any atom is 0.255 e. The van der Waals surface area contributed by atoms with Crippen LogP contribution in [0.5, 0.6) is 5.75 Å². The summed E-state index contributed by atoms with van der Waals surface area (Å²) < 4.78 is 31.9. The summed E-state index contributed by atoms with van der Waals surface area (Å²) in [6.07, 6.45) is 2.29. The highest BCUT2D eigenvalue weighted by atomic mass is 32.2. The van der Waals surface area contributed by atoms with E-state index in [9.17, 15) is 18.3 Å². The molecule has 3 rings (SSSR count). The van der Waals surface area contributed by atoms with Crippen molar-refractivity contribution >= 4 is 15.9 Å². The minimum atomic E-state index is -3.73. The molecular formula is C16H23N3O5S. The number of hydrogen-bond acceptors (Lipinski definition) is 6. The van der Waals surface area contributed by atoms with Gasteiger partial charge in [0.1, 0.15) is 5.75 Å². The predicted molar refractivity (Wildman–Crippen MR) is 90.8 cm³/mol. The second-order valence-corrected chi connectivity index (χ2v) is 8.38. The Bertz CT molecular complexity index is 746. The summed E-state index contributed by atoms with van der Waals surface area (Å²) in [6.45, 7) is 1.22. The molecule has 1 saturated heterocycles. The molecule has 1 aromatic carbocycles. The van der Waals surface area contributed by atoms with Crippen LogP contribution in [0.2, 0.25) is 0 Å². The van der Waals surface area contributed by atoms with Crippen molar-refractivity contribution in [1.29, 1.82) is 0 Å². The van der Waals surface area contributed by atoms with Gasteiger partial charge in [-0.3, -0.25) is 4.79 Å². The Morgan fingerprint density at radius 3 is 2.64 bits per heavy atom. The Labute approximate surface area is 147 Å². The molecule has 0 unspecified atom stereocenters. The minimum absolute atomic E-state index is 0.0135. The fraction of sp³-hybridized carbons (Fsp3) is 0.562. The van der Waals surface area contributed by atoms with Crippen LogP contribution >= 0.6 is 0 Å². The number of hydrogen-bond donors (Lipinski definition) is 3. The molecular weight excluding hydrogens is 346 g/mol. The van der Waals surface area contributed by atoms with Crippen molar-refractivity contribution in [2.45, 2.75) is 36.2 Å². The summed E-state index contributed by atoms with van der Waals surface area (Å²) in [5.41, 5.74) is 5.79. The summed E-state index contributed by atoms with van der Waals surface area (Å²) in [6, 6.07) is 3.78. The molecule has 8 nitrogen and oxygen atoms in total. The van der Waals surface area contributed by atoms with Gasteiger partial charge in [-0.15, -0.1) is 0 Å². The van der Waals surface area contributed by atoms with Gasteiger partial charge in [0.2, 0.25) is 10.0 Å². The lowest BCUT2D eigenvalue weighted by Crippen LogP contribution is -2.40. The molecule has 25 heavy (non-hydrogen) atoms. The first-order valence-corrected chi connectivity index (χ1v) is 9.79. The topological polar surface area (TPSA) is 122 Å². The van der Waals surface area contributed by atoms with Crippen LogP contribution in [0.4, 0.5) is 0 Å². The Hall–Kier alpha value is -1.68. The van der Waals surface area contributed by atoms with Crippen LogP contribution in [0.3, 0.4) is 0 Å². The van der Waals surface area contributed by atoms with E-state index in [1.807, 2.05) is 0 Å². The van der Waals surface area contributed by atoms with Crippen LogP contribution in [-0.2, 0) is 14.8 Å². The van der Waals surface area contributed by atoms with E-state index >= 15 is 0 Å². The molecule has 138 valence electrons. The minimum Gasteiger partial charge on any atom is -0.507 e. The number of sulfonamides is 1. The van der Waals surface area contributed by atoms with E-state index in [0.29, 0.717) is 19.6 Å². The number of rotatable bonds is 4. The number of nitrogens with one attached hydrogen (secondary N) is 1. The molecule has 0 aromatic heterocycles. The smallest absolute Gasteiger partial charge is 0.255 e. The van der Waals surface area contributed by atoms with E-state index in [-0.39, 0.29) is 41.4 Å². The second kappa shape index (κ2) is 7.28. The fourth-order valence-corrected chi connectivity index (χ4v) is 4.64. The van der Waals surface area contributed by atoms with Gasteiger partial charge in [0.15, 0.2) is 0 Å². The van der Waals surface area contributed by atoms with E-state index in [2.05, 4.69) is 5.32 Å². The number of carbonyl (C=O) groups is 1. The van der Waals surface area contributed by atoms with Crippen LogP contribution in [-0.4, -0.2) is 62.1 Å². The SMILES string of the molecule is N[C@@H]1CC[C@@H](NC(=O)c2cc(S(=O)(=O)N3CCOCC3)ccc2O)C1. The number of amides is 1. The number of phenolic OH excluding ortho intramolecular Hbond substituents is 1. The quantitative estimate of drug-likeness (QED) is 0.688. The number of benzene rings is 1. The van der Waals surface area contributed by atoms with Gasteiger partial charge in [-0.25, -0.2) is 8.42 Å². The van der Waals surface area contributed by atoms with Crippen molar-refractivity contribution < 1.29 is 23.1 Å². The number of nitrogens with zero attached hydrogens (tertiary/aromatic N) is 1. The third-order valence-electron chi connectivity index (χ3n) is 4.63. The molecule has 2 aliphatic rings. The lowest BCUT2D eigenvalue weighted by atomic mass is 10.1. The van der Waals surface area contributed by atoms with Gasteiger partial charge in [0.05, 0.1) is 23.7 Å². The third-order valence-corrected chi connectivity index (χ3v) is 6.52. The Kier molecular flexibility index (Phi) is 5.28. The summed E-state index contributed by atoms with van der Waals surface area (Å²) in [7, 11) is -3.73. The fourth-order valence-electron chi connectivity index (χ4n) is 3.20. The van der Waals surface area contributed by atoms with Crippen LogP contribution in [0.1, 0.15) is 29.6 Å². The predicted octanol–water partition coefficient (Wildman–Crippen LogP) is 0.0227. The van der Waals surface area contributed by atoms with Gasteiger partial charge in [-0.1, -0.05) is 0 Å². The Morgan fingerprint density at radius 2 is 2.00 bits per heavy atom. The van der Waals surface area contributed by atoms with Gasteiger partial charge in [-0.05, 0) is 37.5 Å². The van der Waals surface area contributed by atoms with Crippen LogP contribution in [0, 0.1) is 0 Å². The van der Waals surface area contributed by atoms with Crippen molar-refractivity contribution in [3.05, 3.63) is 23.8 Å². The molecule has 1 aromatic rings. The molecule has 2 fully saturated rings. The van der Waals surface area contributed by atoms with Gasteiger partial charge in [0, 0.05) is 25.2 Å². The maximum atomic E-state index is 12.7. The summed E-state index contributed by atoms with van der Waals surface area (Å²) in [4.78, 5) is 12.4. The van der Waals surface area contributed by atoms with Crippen molar-refractivity contribution in [3.63, 3.8) is 0 Å². The molecule has 9 heteroatoms. The molecule has 1 heterocycles. The summed E-state index contributed by atoms with van der Waals surface area (Å²) in [5, 5.41) is 12.8. The number of ether oxygens (including phenoxy) is 1. The highest BCUT2D eigenvalue weighted by Gasteiger charge is 2.29. The molecule has 2 atom stereocenters. The first-order chi connectivity index (χ1) is 11.9. The number of nitrogens with two attached hydrogens (primary N) is 1. The lowest BCUT2D eigenvalue weighted by Gasteiger charge is -2.26. The molecule has 1 saturated carbocycles. The van der Waals surface area contributed by atoms with Crippen LogP contribution in [0.15, 0.2) is 23.1 Å². The lowest BCUT2D eigenvalue weighted by molar-refractivity contribution is 0.0730. The van der Waals surface area contributed by atoms with Gasteiger partial charge >= 0.3 is 0 Å². The van der Waals surface area contributed by atoms with Crippen molar-refractivity contribution in [1.82, 2.24) is 9.62 Å². The normalized spacial score (nSPS) is 25.0. The van der Waals surface area contributed by atoms with Gasteiger partial charge < -0.3 is 20.9 Å². The third kappa shape index (κ3) is 3.95. The van der Waals surface area contributed by atoms with Gasteiger partial charge in [0.25, 0.3) is 5.91 Å². The van der Waals surface area contributed by atoms with E-state index in [4.69, 9.17) is 10.5 Å².